The summed E-state index contributed by atoms with van der Waals surface area (Å²) in [5.74, 6) is 0. The first-order valence-corrected chi connectivity index (χ1v) is 14.0. The van der Waals surface area contributed by atoms with Crippen molar-refractivity contribution in [2.24, 2.45) is 0 Å². The van der Waals surface area contributed by atoms with Gasteiger partial charge in [0, 0.05) is 91.6 Å². The summed E-state index contributed by atoms with van der Waals surface area (Å²) in [5, 5.41) is 0. The van der Waals surface area contributed by atoms with Crippen molar-refractivity contribution in [3.05, 3.63) is 0 Å². The van der Waals surface area contributed by atoms with Crippen LogP contribution in [0.25, 0.3) is 0 Å². The molecule has 0 bridgehead atoms. The van der Waals surface area contributed by atoms with E-state index in [0.717, 1.165) is 0 Å². The molecule has 0 unspecified atom stereocenters. The van der Waals surface area contributed by atoms with E-state index in [2.05, 4.69) is 57.1 Å². The largest absolute Gasteiger partial charge is 0.301 e. The van der Waals surface area contributed by atoms with Crippen LogP contribution in [0.5, 0.6) is 0 Å². The van der Waals surface area contributed by atoms with Crippen molar-refractivity contribution in [2.75, 3.05) is 118 Å². The van der Waals surface area contributed by atoms with Gasteiger partial charge in [-0.25, -0.2) is 0 Å². The molecule has 2 rings (SSSR count). The zero-order valence-corrected chi connectivity index (χ0v) is 22.2. The van der Waals surface area contributed by atoms with Crippen molar-refractivity contribution in [1.82, 2.24) is 29.4 Å². The second-order valence-electron chi connectivity index (χ2n) is 10.0. The highest BCUT2D eigenvalue weighted by Gasteiger charge is 2.19. The lowest BCUT2D eigenvalue weighted by atomic mass is 10.3. The molecule has 0 aromatic heterocycles. The number of hydrogen-bond acceptors (Lipinski definition) is 6. The molecule has 190 valence electrons. The smallest absolute Gasteiger partial charge is 0.0110 e. The second kappa shape index (κ2) is 17.2. The topological polar surface area (TPSA) is 19.4 Å². The maximum atomic E-state index is 2.76. The predicted molar refractivity (Wildman–Crippen MR) is 140 cm³/mol. The van der Waals surface area contributed by atoms with Gasteiger partial charge in [-0.3, -0.25) is 9.80 Å². The summed E-state index contributed by atoms with van der Waals surface area (Å²) in [6.45, 7) is 31.6. The molecule has 2 aliphatic heterocycles. The fourth-order valence-corrected chi connectivity index (χ4v) is 5.26. The van der Waals surface area contributed by atoms with E-state index < -0.39 is 0 Å². The van der Waals surface area contributed by atoms with Crippen LogP contribution in [0, 0.1) is 0 Å². The molecule has 0 N–H and O–H groups in total. The quantitative estimate of drug-likeness (QED) is 0.476. The molecular formula is C26H56N6. The van der Waals surface area contributed by atoms with Crippen molar-refractivity contribution >= 4 is 0 Å². The molecule has 0 saturated carbocycles. The SMILES string of the molecule is CCCN1CCN(CCC)CCN(CCN2CCN(CCC)CCN(CCC)CC2)CC1. The minimum atomic E-state index is 1.22. The molecule has 0 aliphatic carbocycles. The highest BCUT2D eigenvalue weighted by molar-refractivity contribution is 4.75. The van der Waals surface area contributed by atoms with E-state index in [9.17, 15) is 0 Å². The zero-order valence-electron chi connectivity index (χ0n) is 22.2. The summed E-state index contributed by atoms with van der Waals surface area (Å²) in [6, 6.07) is 0. The molecule has 0 atom stereocenters. The number of rotatable bonds is 11. The van der Waals surface area contributed by atoms with Gasteiger partial charge in [0.25, 0.3) is 0 Å². The maximum absolute atomic E-state index is 2.76. The van der Waals surface area contributed by atoms with Crippen molar-refractivity contribution in [1.29, 1.82) is 0 Å². The summed E-state index contributed by atoms with van der Waals surface area (Å²) in [4.78, 5) is 16.3. The molecule has 32 heavy (non-hydrogen) atoms. The predicted octanol–water partition coefficient (Wildman–Crippen LogP) is 2.47. The minimum absolute atomic E-state index is 1.22. The second-order valence-corrected chi connectivity index (χ2v) is 10.0. The molecule has 0 spiro atoms. The standard InChI is InChI=1S/C26H56N6/c1-5-9-27-13-14-28(10-6-2)18-22-31(21-17-27)25-26-32-23-19-29(11-7-3)15-16-30(12-8-4)20-24-32/h5-26H2,1-4H3. The summed E-state index contributed by atoms with van der Waals surface area (Å²) < 4.78 is 0. The monoisotopic (exact) mass is 452 g/mol. The molecule has 2 fully saturated rings. The third-order valence-electron chi connectivity index (χ3n) is 7.29. The lowest BCUT2D eigenvalue weighted by Gasteiger charge is -2.30. The molecule has 2 saturated heterocycles. The van der Waals surface area contributed by atoms with E-state index >= 15 is 0 Å². The van der Waals surface area contributed by atoms with E-state index in [1.807, 2.05) is 0 Å². The molecule has 2 heterocycles. The van der Waals surface area contributed by atoms with Gasteiger partial charge in [0.1, 0.15) is 0 Å². The Balaban J connectivity index is 1.91. The van der Waals surface area contributed by atoms with E-state index in [1.165, 1.54) is 143 Å². The van der Waals surface area contributed by atoms with Gasteiger partial charge in [-0.15, -0.1) is 0 Å². The number of hydrogen-bond donors (Lipinski definition) is 0. The molecule has 0 amide bonds. The zero-order chi connectivity index (χ0) is 23.0. The average molecular weight is 453 g/mol. The molecule has 0 aromatic carbocycles. The first-order valence-electron chi connectivity index (χ1n) is 14.0. The van der Waals surface area contributed by atoms with Crippen LogP contribution in [-0.2, 0) is 0 Å². The lowest BCUT2D eigenvalue weighted by Crippen LogP contribution is -2.43. The molecule has 6 nitrogen and oxygen atoms in total. The summed E-state index contributed by atoms with van der Waals surface area (Å²) in [7, 11) is 0. The van der Waals surface area contributed by atoms with Gasteiger partial charge in [-0.1, -0.05) is 27.7 Å². The van der Waals surface area contributed by atoms with Gasteiger partial charge in [0.2, 0.25) is 0 Å². The maximum Gasteiger partial charge on any atom is 0.0110 e. The fourth-order valence-electron chi connectivity index (χ4n) is 5.26. The van der Waals surface area contributed by atoms with Gasteiger partial charge >= 0.3 is 0 Å². The Labute approximate surface area is 200 Å². The fraction of sp³-hybridized carbons (Fsp3) is 1.00. The Bertz CT molecular complexity index is 372. The lowest BCUT2D eigenvalue weighted by molar-refractivity contribution is 0.166. The van der Waals surface area contributed by atoms with E-state index in [0.29, 0.717) is 0 Å². The molecule has 0 aromatic rings. The third-order valence-corrected chi connectivity index (χ3v) is 7.29. The first-order chi connectivity index (χ1) is 15.7. The number of nitrogens with zero attached hydrogens (tertiary/aromatic N) is 6. The molecule has 2 aliphatic rings. The average Bonchev–Trinajstić information content (AvgIpc) is 2.94. The van der Waals surface area contributed by atoms with Gasteiger partial charge < -0.3 is 19.6 Å². The summed E-state index contributed by atoms with van der Waals surface area (Å²) in [6.07, 6.45) is 5.07. The van der Waals surface area contributed by atoms with Crippen LogP contribution in [0.4, 0.5) is 0 Å². The van der Waals surface area contributed by atoms with Gasteiger partial charge in [-0.05, 0) is 51.9 Å². The van der Waals surface area contributed by atoms with Crippen molar-refractivity contribution in [3.63, 3.8) is 0 Å². The summed E-state index contributed by atoms with van der Waals surface area (Å²) in [5.41, 5.74) is 0. The molecule has 0 radical (unpaired) electrons. The Morgan fingerprint density at radius 2 is 0.438 bits per heavy atom. The van der Waals surface area contributed by atoms with Crippen LogP contribution in [0.1, 0.15) is 53.4 Å². The van der Waals surface area contributed by atoms with Crippen LogP contribution < -0.4 is 0 Å². The minimum Gasteiger partial charge on any atom is -0.301 e. The van der Waals surface area contributed by atoms with Crippen LogP contribution in [0.2, 0.25) is 0 Å². The van der Waals surface area contributed by atoms with Gasteiger partial charge in [0.05, 0.1) is 0 Å². The van der Waals surface area contributed by atoms with Crippen LogP contribution >= 0.6 is 0 Å². The van der Waals surface area contributed by atoms with Crippen molar-refractivity contribution in [2.45, 2.75) is 53.4 Å². The Kier molecular flexibility index (Phi) is 15.1. The third kappa shape index (κ3) is 11.3. The van der Waals surface area contributed by atoms with E-state index in [-0.39, 0.29) is 0 Å². The Hall–Kier alpha value is -0.240. The van der Waals surface area contributed by atoms with Gasteiger partial charge in [0.15, 0.2) is 0 Å². The van der Waals surface area contributed by atoms with Crippen LogP contribution in [-0.4, -0.2) is 147 Å². The molecule has 6 heteroatoms. The van der Waals surface area contributed by atoms with Crippen LogP contribution in [0.15, 0.2) is 0 Å². The van der Waals surface area contributed by atoms with Gasteiger partial charge in [-0.2, -0.15) is 0 Å². The van der Waals surface area contributed by atoms with E-state index in [4.69, 9.17) is 0 Å². The molecular weight excluding hydrogens is 396 g/mol. The Morgan fingerprint density at radius 1 is 0.281 bits per heavy atom. The van der Waals surface area contributed by atoms with E-state index in [1.54, 1.807) is 0 Å². The Morgan fingerprint density at radius 3 is 0.594 bits per heavy atom. The summed E-state index contributed by atoms with van der Waals surface area (Å²) >= 11 is 0. The normalized spacial score (nSPS) is 23.2. The van der Waals surface area contributed by atoms with Crippen molar-refractivity contribution < 1.29 is 0 Å². The van der Waals surface area contributed by atoms with Crippen molar-refractivity contribution in [3.8, 4) is 0 Å². The highest BCUT2D eigenvalue weighted by atomic mass is 15.3. The highest BCUT2D eigenvalue weighted by Crippen LogP contribution is 2.05. The first kappa shape index (κ1) is 28.0. The van der Waals surface area contributed by atoms with Crippen LogP contribution in [0.3, 0.4) is 0 Å².